The molecule has 0 aliphatic rings. The van der Waals surface area contributed by atoms with Gasteiger partial charge >= 0.3 is 0 Å². The van der Waals surface area contributed by atoms with E-state index >= 15 is 0 Å². The Balaban J connectivity index is 2.95. The number of aliphatic hydroxyl groups excluding tert-OH is 1. The number of hydrogen-bond donors (Lipinski definition) is 3. The van der Waals surface area contributed by atoms with Gasteiger partial charge in [-0.05, 0) is 30.9 Å². The summed E-state index contributed by atoms with van der Waals surface area (Å²) in [6.45, 7) is 5.26. The van der Waals surface area contributed by atoms with Crippen LogP contribution in [0.3, 0.4) is 0 Å². The molecule has 0 aliphatic carbocycles. The molecule has 1 aromatic rings. The van der Waals surface area contributed by atoms with Crippen LogP contribution in [0.15, 0.2) is 17.0 Å². The smallest absolute Gasteiger partial charge is 0.240 e. The van der Waals surface area contributed by atoms with Crippen LogP contribution in [0.25, 0.3) is 0 Å². The second kappa shape index (κ2) is 6.07. The van der Waals surface area contributed by atoms with Crippen LogP contribution in [-0.4, -0.2) is 26.7 Å². The number of sulfonamides is 1. The van der Waals surface area contributed by atoms with Gasteiger partial charge in [-0.15, -0.1) is 0 Å². The third-order valence-electron chi connectivity index (χ3n) is 3.20. The van der Waals surface area contributed by atoms with Gasteiger partial charge in [-0.1, -0.05) is 13.8 Å². The maximum atomic E-state index is 13.6. The monoisotopic (exact) mass is 304 g/mol. The Kier molecular flexibility index (Phi) is 5.12. The number of rotatable bonds is 6. The molecule has 5 nitrogen and oxygen atoms in total. The molecule has 0 heterocycles. The van der Waals surface area contributed by atoms with Gasteiger partial charge < -0.3 is 10.8 Å². The summed E-state index contributed by atoms with van der Waals surface area (Å²) < 4.78 is 40.2. The van der Waals surface area contributed by atoms with Crippen LogP contribution in [-0.2, 0) is 10.0 Å². The Morgan fingerprint density at radius 1 is 1.40 bits per heavy atom. The molecular weight excluding hydrogens is 283 g/mol. The molecule has 0 spiro atoms. The Labute approximate surface area is 119 Å². The molecule has 20 heavy (non-hydrogen) atoms. The highest BCUT2D eigenvalue weighted by atomic mass is 32.2. The molecule has 0 saturated heterocycles. The van der Waals surface area contributed by atoms with Crippen molar-refractivity contribution in [3.05, 3.63) is 23.5 Å². The van der Waals surface area contributed by atoms with Gasteiger partial charge in [0, 0.05) is 24.4 Å². The highest BCUT2D eigenvalue weighted by molar-refractivity contribution is 7.89. The molecule has 1 rings (SSSR count). The van der Waals surface area contributed by atoms with Gasteiger partial charge in [-0.25, -0.2) is 17.5 Å². The number of nitrogen functional groups attached to an aromatic ring is 1. The number of halogens is 1. The molecule has 0 radical (unpaired) electrons. The molecule has 114 valence electrons. The molecule has 0 amide bonds. The van der Waals surface area contributed by atoms with Crippen LogP contribution >= 0.6 is 0 Å². The summed E-state index contributed by atoms with van der Waals surface area (Å²) >= 11 is 0. The van der Waals surface area contributed by atoms with Crippen LogP contribution in [0.1, 0.15) is 25.8 Å². The molecule has 0 unspecified atom stereocenters. The summed E-state index contributed by atoms with van der Waals surface area (Å²) in [7, 11) is -3.83. The van der Waals surface area contributed by atoms with E-state index in [4.69, 9.17) is 10.8 Å². The fourth-order valence-electron chi connectivity index (χ4n) is 1.59. The average Bonchev–Trinajstić information content (AvgIpc) is 2.33. The Bertz CT molecular complexity index is 562. The van der Waals surface area contributed by atoms with Crippen molar-refractivity contribution in [3.63, 3.8) is 0 Å². The molecule has 1 aromatic carbocycles. The van der Waals surface area contributed by atoms with Gasteiger partial charge in [0.05, 0.1) is 4.90 Å². The zero-order valence-corrected chi connectivity index (χ0v) is 12.7. The van der Waals surface area contributed by atoms with E-state index in [0.29, 0.717) is 6.42 Å². The van der Waals surface area contributed by atoms with E-state index < -0.39 is 21.3 Å². The second-order valence-corrected chi connectivity index (χ2v) is 7.35. The maximum absolute atomic E-state index is 13.6. The quantitative estimate of drug-likeness (QED) is 0.693. The third-order valence-corrected chi connectivity index (χ3v) is 4.58. The van der Waals surface area contributed by atoms with E-state index in [1.807, 2.05) is 13.8 Å². The Hall–Kier alpha value is -1.18. The number of aliphatic hydroxyl groups is 1. The van der Waals surface area contributed by atoms with Crippen molar-refractivity contribution in [2.45, 2.75) is 32.1 Å². The second-order valence-electron chi connectivity index (χ2n) is 5.58. The minimum Gasteiger partial charge on any atom is -0.398 e. The van der Waals surface area contributed by atoms with Crippen LogP contribution < -0.4 is 10.5 Å². The number of nitrogens with two attached hydrogens (primary N) is 1. The van der Waals surface area contributed by atoms with Crippen LogP contribution in [0, 0.1) is 18.2 Å². The summed E-state index contributed by atoms with van der Waals surface area (Å²) in [6.07, 6.45) is 0.458. The number of hydrogen-bond acceptors (Lipinski definition) is 4. The molecule has 0 aromatic heterocycles. The van der Waals surface area contributed by atoms with Gasteiger partial charge in [-0.2, -0.15) is 0 Å². The predicted octanol–water partition coefficient (Wildman–Crippen LogP) is 1.40. The lowest BCUT2D eigenvalue weighted by Crippen LogP contribution is -2.34. The van der Waals surface area contributed by atoms with Crippen LogP contribution in [0.4, 0.5) is 10.1 Å². The van der Waals surface area contributed by atoms with E-state index in [2.05, 4.69) is 4.72 Å². The third kappa shape index (κ3) is 4.16. The first-order valence-electron chi connectivity index (χ1n) is 6.25. The number of anilines is 1. The SMILES string of the molecule is Cc1c(N)cc(S(=O)(=O)NCC(C)(C)CCO)cc1F. The van der Waals surface area contributed by atoms with Crippen molar-refractivity contribution in [3.8, 4) is 0 Å². The van der Waals surface area contributed by atoms with Crippen molar-refractivity contribution in [1.82, 2.24) is 4.72 Å². The first-order valence-corrected chi connectivity index (χ1v) is 7.73. The predicted molar refractivity (Wildman–Crippen MR) is 76.2 cm³/mol. The molecular formula is C13H21FN2O3S. The molecule has 0 atom stereocenters. The zero-order chi connectivity index (χ0) is 15.6. The summed E-state index contributed by atoms with van der Waals surface area (Å²) in [4.78, 5) is -0.196. The van der Waals surface area contributed by atoms with Gasteiger partial charge in [-0.3, -0.25) is 0 Å². The maximum Gasteiger partial charge on any atom is 0.240 e. The minimum atomic E-state index is -3.83. The van der Waals surface area contributed by atoms with Crippen molar-refractivity contribution < 1.29 is 17.9 Å². The van der Waals surface area contributed by atoms with E-state index in [0.717, 1.165) is 6.07 Å². The van der Waals surface area contributed by atoms with Crippen molar-refractivity contribution in [2.24, 2.45) is 5.41 Å². The highest BCUT2D eigenvalue weighted by Crippen LogP contribution is 2.23. The van der Waals surface area contributed by atoms with Gasteiger partial charge in [0.15, 0.2) is 0 Å². The van der Waals surface area contributed by atoms with Crippen LogP contribution in [0.5, 0.6) is 0 Å². The van der Waals surface area contributed by atoms with Gasteiger partial charge in [0.25, 0.3) is 0 Å². The molecule has 4 N–H and O–H groups in total. The van der Waals surface area contributed by atoms with Crippen molar-refractivity contribution >= 4 is 15.7 Å². The van der Waals surface area contributed by atoms with Gasteiger partial charge in [0.1, 0.15) is 5.82 Å². The van der Waals surface area contributed by atoms with Crippen molar-refractivity contribution in [1.29, 1.82) is 0 Å². The summed E-state index contributed by atoms with van der Waals surface area (Å²) in [5.41, 5.74) is 5.51. The first-order chi connectivity index (χ1) is 9.09. The van der Waals surface area contributed by atoms with E-state index in [9.17, 15) is 12.8 Å². The molecule has 0 aliphatic heterocycles. The topological polar surface area (TPSA) is 92.4 Å². The van der Waals surface area contributed by atoms with Gasteiger partial charge in [0.2, 0.25) is 10.0 Å². The zero-order valence-electron chi connectivity index (χ0n) is 11.9. The summed E-state index contributed by atoms with van der Waals surface area (Å²) in [5.74, 6) is -0.653. The van der Waals surface area contributed by atoms with Crippen molar-refractivity contribution in [2.75, 3.05) is 18.9 Å². The fraction of sp³-hybridized carbons (Fsp3) is 0.538. The largest absolute Gasteiger partial charge is 0.398 e. The minimum absolute atomic E-state index is 0.0269. The number of nitrogens with one attached hydrogen (secondary N) is 1. The first kappa shape index (κ1) is 16.9. The summed E-state index contributed by atoms with van der Waals surface area (Å²) in [5, 5.41) is 8.91. The van der Waals surface area contributed by atoms with E-state index in [1.165, 1.54) is 13.0 Å². The molecule has 0 fully saturated rings. The lowest BCUT2D eigenvalue weighted by molar-refractivity contribution is 0.213. The Morgan fingerprint density at radius 3 is 2.50 bits per heavy atom. The Morgan fingerprint density at radius 2 is 2.00 bits per heavy atom. The molecule has 7 heteroatoms. The normalized spacial score (nSPS) is 12.7. The van der Waals surface area contributed by atoms with Crippen LogP contribution in [0.2, 0.25) is 0 Å². The number of benzene rings is 1. The summed E-state index contributed by atoms with van der Waals surface area (Å²) in [6, 6.07) is 2.19. The highest BCUT2D eigenvalue weighted by Gasteiger charge is 2.23. The lowest BCUT2D eigenvalue weighted by atomic mass is 9.90. The fourth-order valence-corrected chi connectivity index (χ4v) is 2.88. The van der Waals surface area contributed by atoms with E-state index in [1.54, 1.807) is 0 Å². The molecule has 0 bridgehead atoms. The van der Waals surface area contributed by atoms with E-state index in [-0.39, 0.29) is 29.3 Å². The standard InChI is InChI=1S/C13H21FN2O3S/c1-9-11(14)6-10(7-12(9)15)20(18,19)16-8-13(2,3)4-5-17/h6-7,16-17H,4-5,8,15H2,1-3H3. The molecule has 0 saturated carbocycles. The average molecular weight is 304 g/mol. The lowest BCUT2D eigenvalue weighted by Gasteiger charge is -2.23.